The van der Waals surface area contributed by atoms with Gasteiger partial charge in [-0.2, -0.15) is 0 Å². The molecule has 0 heterocycles. The first kappa shape index (κ1) is 16.4. The van der Waals surface area contributed by atoms with Gasteiger partial charge in [0, 0.05) is 17.6 Å². The molecule has 1 fully saturated rings. The van der Waals surface area contributed by atoms with Crippen LogP contribution in [0.5, 0.6) is 0 Å². The first-order valence-electron chi connectivity index (χ1n) is 7.31. The summed E-state index contributed by atoms with van der Waals surface area (Å²) < 4.78 is 41.9. The summed E-state index contributed by atoms with van der Waals surface area (Å²) in [5, 5.41) is 2.86. The number of nitrogens with one attached hydrogen (secondary N) is 2. The van der Waals surface area contributed by atoms with Crippen molar-refractivity contribution in [3.63, 3.8) is 0 Å². The average molecular weight is 314 g/mol. The van der Waals surface area contributed by atoms with Crippen LogP contribution in [-0.4, -0.2) is 21.0 Å². The molecule has 4 nitrogen and oxygen atoms in total. The van der Waals surface area contributed by atoms with Gasteiger partial charge in [0.05, 0.1) is 4.90 Å². The highest BCUT2D eigenvalue weighted by molar-refractivity contribution is 7.89. The van der Waals surface area contributed by atoms with E-state index >= 15 is 0 Å². The summed E-state index contributed by atoms with van der Waals surface area (Å²) in [6.45, 7) is 3.88. The fraction of sp³-hybridized carbons (Fsp3) is 0.600. The Hall–Kier alpha value is -0.980. The van der Waals surface area contributed by atoms with E-state index in [1.54, 1.807) is 14.0 Å². The van der Waals surface area contributed by atoms with Crippen LogP contribution in [0.2, 0.25) is 0 Å². The van der Waals surface area contributed by atoms with Gasteiger partial charge >= 0.3 is 0 Å². The van der Waals surface area contributed by atoms with E-state index in [0.29, 0.717) is 17.7 Å². The molecule has 0 saturated heterocycles. The van der Waals surface area contributed by atoms with E-state index < -0.39 is 10.0 Å². The maximum atomic E-state index is 14.0. The van der Waals surface area contributed by atoms with Gasteiger partial charge in [-0.15, -0.1) is 0 Å². The smallest absolute Gasteiger partial charge is 0.241 e. The molecule has 0 atom stereocenters. The molecule has 1 aromatic rings. The van der Waals surface area contributed by atoms with E-state index in [1.807, 2.05) is 6.92 Å². The monoisotopic (exact) mass is 314 g/mol. The zero-order valence-corrected chi connectivity index (χ0v) is 13.6. The zero-order chi connectivity index (χ0) is 15.7. The normalized spacial score (nSPS) is 17.5. The van der Waals surface area contributed by atoms with Gasteiger partial charge in [0.15, 0.2) is 0 Å². The number of halogens is 1. The van der Waals surface area contributed by atoms with Crippen molar-refractivity contribution in [3.05, 3.63) is 29.1 Å². The molecule has 2 N–H and O–H groups in total. The lowest BCUT2D eigenvalue weighted by Gasteiger charge is -2.41. The van der Waals surface area contributed by atoms with Gasteiger partial charge in [-0.05, 0) is 57.4 Å². The summed E-state index contributed by atoms with van der Waals surface area (Å²) in [4.78, 5) is 0.145. The lowest BCUT2D eigenvalue weighted by Crippen LogP contribution is -2.52. The summed E-state index contributed by atoms with van der Waals surface area (Å²) in [6.07, 6.45) is 3.55. The highest BCUT2D eigenvalue weighted by atomic mass is 32.2. The molecule has 0 unspecified atom stereocenters. The maximum absolute atomic E-state index is 14.0. The van der Waals surface area contributed by atoms with Crippen molar-refractivity contribution in [2.24, 2.45) is 0 Å². The van der Waals surface area contributed by atoms with Crippen molar-refractivity contribution in [2.75, 3.05) is 7.05 Å². The van der Waals surface area contributed by atoms with Crippen molar-refractivity contribution in [1.82, 2.24) is 10.0 Å². The predicted octanol–water partition coefficient (Wildman–Crippen LogP) is 2.46. The van der Waals surface area contributed by atoms with Gasteiger partial charge in [0.2, 0.25) is 10.0 Å². The highest BCUT2D eigenvalue weighted by Crippen LogP contribution is 2.36. The van der Waals surface area contributed by atoms with Crippen LogP contribution in [0.3, 0.4) is 0 Å². The van der Waals surface area contributed by atoms with E-state index in [1.165, 1.54) is 12.1 Å². The third-order valence-corrected chi connectivity index (χ3v) is 5.88. The summed E-state index contributed by atoms with van der Waals surface area (Å²) in [5.41, 5.74) is 0.406. The van der Waals surface area contributed by atoms with Crippen LogP contribution in [0.25, 0.3) is 0 Å². The van der Waals surface area contributed by atoms with Gasteiger partial charge in [-0.1, -0.05) is 6.92 Å². The molecule has 6 heteroatoms. The molecule has 1 aliphatic carbocycles. The van der Waals surface area contributed by atoms with Crippen LogP contribution < -0.4 is 10.0 Å². The number of hydrogen-bond acceptors (Lipinski definition) is 3. The molecule has 0 aliphatic heterocycles. The van der Waals surface area contributed by atoms with Crippen LogP contribution in [0.4, 0.5) is 4.39 Å². The van der Waals surface area contributed by atoms with E-state index in [0.717, 1.165) is 25.7 Å². The number of rotatable bonds is 6. The standard InChI is InChI=1S/C15H23FN2O2S/c1-4-15(6-5-7-15)18-21(19,20)13-8-11(2)14(16)12(9-13)10-17-3/h8-9,17-18H,4-7,10H2,1-3H3. The second-order valence-corrected chi connectivity index (χ2v) is 7.52. The van der Waals surface area contributed by atoms with Gasteiger partial charge < -0.3 is 5.32 Å². The van der Waals surface area contributed by atoms with E-state index in [-0.39, 0.29) is 16.3 Å². The van der Waals surface area contributed by atoms with Crippen LogP contribution in [0, 0.1) is 12.7 Å². The minimum absolute atomic E-state index is 0.145. The lowest BCUT2D eigenvalue weighted by atomic mass is 9.76. The molecule has 21 heavy (non-hydrogen) atoms. The fourth-order valence-corrected chi connectivity index (χ4v) is 4.42. The largest absolute Gasteiger partial charge is 0.316 e. The molecule has 1 aliphatic rings. The summed E-state index contributed by atoms with van der Waals surface area (Å²) in [5.74, 6) is -0.350. The van der Waals surface area contributed by atoms with Gasteiger partial charge in [-0.3, -0.25) is 0 Å². The van der Waals surface area contributed by atoms with Gasteiger partial charge in [-0.25, -0.2) is 17.5 Å². The Morgan fingerprint density at radius 1 is 1.33 bits per heavy atom. The van der Waals surface area contributed by atoms with Crippen LogP contribution in [0.15, 0.2) is 17.0 Å². The SMILES string of the molecule is CCC1(NS(=O)(=O)c2cc(C)c(F)c(CNC)c2)CCC1. The van der Waals surface area contributed by atoms with Crippen LogP contribution in [-0.2, 0) is 16.6 Å². The van der Waals surface area contributed by atoms with Crippen molar-refractivity contribution < 1.29 is 12.8 Å². The second-order valence-electron chi connectivity index (χ2n) is 5.84. The molecular formula is C15H23FN2O2S. The summed E-state index contributed by atoms with van der Waals surface area (Å²) in [6, 6.07) is 2.82. The Balaban J connectivity index is 2.36. The van der Waals surface area contributed by atoms with Crippen molar-refractivity contribution >= 4 is 10.0 Å². The number of aryl methyl sites for hydroxylation is 1. The maximum Gasteiger partial charge on any atom is 0.241 e. The van der Waals surface area contributed by atoms with Crippen LogP contribution >= 0.6 is 0 Å². The minimum atomic E-state index is -3.62. The summed E-state index contributed by atoms with van der Waals surface area (Å²) >= 11 is 0. The molecule has 0 amide bonds. The molecule has 1 aromatic carbocycles. The van der Waals surface area contributed by atoms with E-state index in [9.17, 15) is 12.8 Å². The van der Waals surface area contributed by atoms with Crippen molar-refractivity contribution in [1.29, 1.82) is 0 Å². The Bertz CT molecular complexity index is 619. The van der Waals surface area contributed by atoms with Crippen molar-refractivity contribution in [3.8, 4) is 0 Å². The number of benzene rings is 1. The Morgan fingerprint density at radius 3 is 2.48 bits per heavy atom. The average Bonchev–Trinajstić information content (AvgIpc) is 2.39. The Kier molecular flexibility index (Phi) is 4.70. The zero-order valence-electron chi connectivity index (χ0n) is 12.8. The number of sulfonamides is 1. The first-order chi connectivity index (χ1) is 9.83. The van der Waals surface area contributed by atoms with Crippen molar-refractivity contribution in [2.45, 2.75) is 56.5 Å². The quantitative estimate of drug-likeness (QED) is 0.848. The van der Waals surface area contributed by atoms with Gasteiger partial charge in [0.1, 0.15) is 5.82 Å². The lowest BCUT2D eigenvalue weighted by molar-refractivity contribution is 0.214. The minimum Gasteiger partial charge on any atom is -0.316 e. The van der Waals surface area contributed by atoms with E-state index in [2.05, 4.69) is 10.0 Å². The molecule has 0 bridgehead atoms. The molecule has 0 radical (unpaired) electrons. The molecule has 0 aromatic heterocycles. The molecule has 1 saturated carbocycles. The molecule has 0 spiro atoms. The number of hydrogen-bond donors (Lipinski definition) is 2. The first-order valence-corrected chi connectivity index (χ1v) is 8.79. The Morgan fingerprint density at radius 2 is 2.00 bits per heavy atom. The fourth-order valence-electron chi connectivity index (χ4n) is 2.76. The predicted molar refractivity (Wildman–Crippen MR) is 81.1 cm³/mol. The van der Waals surface area contributed by atoms with Crippen LogP contribution in [0.1, 0.15) is 43.7 Å². The van der Waals surface area contributed by atoms with E-state index in [4.69, 9.17) is 0 Å². The third-order valence-electron chi connectivity index (χ3n) is 4.32. The molecular weight excluding hydrogens is 291 g/mol. The molecule has 2 rings (SSSR count). The highest BCUT2D eigenvalue weighted by Gasteiger charge is 2.39. The topological polar surface area (TPSA) is 58.2 Å². The third kappa shape index (κ3) is 3.27. The molecule has 118 valence electrons. The Labute approximate surface area is 126 Å². The summed E-state index contributed by atoms with van der Waals surface area (Å²) in [7, 11) is -1.91. The van der Waals surface area contributed by atoms with Gasteiger partial charge in [0.25, 0.3) is 0 Å². The second kappa shape index (κ2) is 6.02.